The number of rotatable bonds is 5. The summed E-state index contributed by atoms with van der Waals surface area (Å²) in [5.41, 5.74) is 8.28. The fraction of sp³-hybridized carbons (Fsp3) is 0.0870. The van der Waals surface area contributed by atoms with Crippen LogP contribution in [0, 0.1) is 0 Å². The number of pyridine rings is 1. The van der Waals surface area contributed by atoms with Crippen LogP contribution in [0.15, 0.2) is 72.8 Å². The predicted octanol–water partition coefficient (Wildman–Crippen LogP) is 3.87. The molecule has 4 aromatic rings. The average molecular weight is 404 g/mol. The van der Waals surface area contributed by atoms with Gasteiger partial charge in [0.25, 0.3) is 5.91 Å². The number of nitrogens with zero attached hydrogens (tertiary/aromatic N) is 1. The fourth-order valence-corrected chi connectivity index (χ4v) is 3.65. The Bertz CT molecular complexity index is 1190. The van der Waals surface area contributed by atoms with Crippen LogP contribution in [-0.4, -0.2) is 22.8 Å². The minimum atomic E-state index is -0.869. The van der Waals surface area contributed by atoms with Gasteiger partial charge in [0.05, 0.1) is 16.6 Å². The molecule has 0 bridgehead atoms. The molecule has 0 saturated carbocycles. The standard InChI is InChI=1S/C23H18ClN3O2/c24-15-7-5-6-14(12-15)13-20(22(25)28)27-23(29)21-16-8-1-3-10-18(16)26-19-11-4-2-9-17(19)21/h1-12,20H,13H2,(H2,25,28)(H,27,29)/t20-/m0/s1. The maximum absolute atomic E-state index is 13.3. The summed E-state index contributed by atoms with van der Waals surface area (Å²) in [6.45, 7) is 0. The maximum atomic E-state index is 13.3. The summed E-state index contributed by atoms with van der Waals surface area (Å²) in [5, 5.41) is 4.79. The monoisotopic (exact) mass is 403 g/mol. The first-order chi connectivity index (χ1) is 14.0. The van der Waals surface area contributed by atoms with E-state index in [-0.39, 0.29) is 12.3 Å². The molecule has 29 heavy (non-hydrogen) atoms. The van der Waals surface area contributed by atoms with Crippen molar-refractivity contribution in [1.82, 2.24) is 10.3 Å². The molecule has 3 aromatic carbocycles. The van der Waals surface area contributed by atoms with Crippen molar-refractivity contribution in [3.05, 3.63) is 88.9 Å². The number of fused-ring (bicyclic) bond motifs is 2. The van der Waals surface area contributed by atoms with E-state index in [1.165, 1.54) is 0 Å². The van der Waals surface area contributed by atoms with Gasteiger partial charge in [-0.15, -0.1) is 0 Å². The highest BCUT2D eigenvalue weighted by Crippen LogP contribution is 2.26. The highest BCUT2D eigenvalue weighted by atomic mass is 35.5. The molecule has 1 aromatic heterocycles. The Morgan fingerprint density at radius 2 is 1.55 bits per heavy atom. The molecule has 0 unspecified atom stereocenters. The van der Waals surface area contributed by atoms with E-state index in [0.717, 1.165) is 16.3 Å². The van der Waals surface area contributed by atoms with E-state index in [4.69, 9.17) is 17.3 Å². The van der Waals surface area contributed by atoms with Crippen LogP contribution in [0.1, 0.15) is 15.9 Å². The number of benzene rings is 3. The predicted molar refractivity (Wildman–Crippen MR) is 115 cm³/mol. The molecular formula is C23H18ClN3O2. The Morgan fingerprint density at radius 3 is 2.14 bits per heavy atom. The number of halogens is 1. The highest BCUT2D eigenvalue weighted by Gasteiger charge is 2.22. The summed E-state index contributed by atoms with van der Waals surface area (Å²) in [5.74, 6) is -0.980. The van der Waals surface area contributed by atoms with Crippen molar-refractivity contribution in [2.45, 2.75) is 12.5 Å². The number of aromatic nitrogens is 1. The summed E-state index contributed by atoms with van der Waals surface area (Å²) in [6, 6.07) is 21.1. The van der Waals surface area contributed by atoms with E-state index in [0.29, 0.717) is 21.6 Å². The van der Waals surface area contributed by atoms with Crippen LogP contribution in [0.3, 0.4) is 0 Å². The van der Waals surface area contributed by atoms with Gasteiger partial charge < -0.3 is 11.1 Å². The first kappa shape index (κ1) is 18.9. The van der Waals surface area contributed by atoms with Crippen LogP contribution >= 0.6 is 11.6 Å². The Balaban J connectivity index is 1.74. The number of hydrogen-bond donors (Lipinski definition) is 2. The minimum absolute atomic E-state index is 0.253. The number of hydrogen-bond acceptors (Lipinski definition) is 3. The summed E-state index contributed by atoms with van der Waals surface area (Å²) in [4.78, 5) is 29.9. The molecule has 4 rings (SSSR count). The quantitative estimate of drug-likeness (QED) is 0.496. The van der Waals surface area contributed by atoms with Crippen LogP contribution < -0.4 is 11.1 Å². The normalized spacial score (nSPS) is 12.0. The molecule has 0 saturated heterocycles. The van der Waals surface area contributed by atoms with Gasteiger partial charge in [0, 0.05) is 22.2 Å². The zero-order chi connectivity index (χ0) is 20.4. The molecule has 5 nitrogen and oxygen atoms in total. The van der Waals surface area contributed by atoms with Crippen LogP contribution in [-0.2, 0) is 11.2 Å². The second kappa shape index (κ2) is 7.89. The van der Waals surface area contributed by atoms with Crippen molar-refractivity contribution in [1.29, 1.82) is 0 Å². The largest absolute Gasteiger partial charge is 0.368 e. The fourth-order valence-electron chi connectivity index (χ4n) is 3.44. The van der Waals surface area contributed by atoms with Gasteiger partial charge in [-0.05, 0) is 29.8 Å². The topological polar surface area (TPSA) is 85.1 Å². The molecule has 144 valence electrons. The molecule has 1 heterocycles. The lowest BCUT2D eigenvalue weighted by atomic mass is 10.0. The lowest BCUT2D eigenvalue weighted by Crippen LogP contribution is -2.46. The van der Waals surface area contributed by atoms with Gasteiger partial charge in [-0.25, -0.2) is 4.98 Å². The number of amides is 2. The Labute approximate surface area is 172 Å². The van der Waals surface area contributed by atoms with Crippen LogP contribution in [0.4, 0.5) is 0 Å². The van der Waals surface area contributed by atoms with E-state index < -0.39 is 11.9 Å². The van der Waals surface area contributed by atoms with Gasteiger partial charge in [0.2, 0.25) is 5.91 Å². The number of carbonyl (C=O) groups excluding carboxylic acids is 2. The number of primary amides is 1. The Morgan fingerprint density at radius 1 is 0.931 bits per heavy atom. The summed E-state index contributed by atoms with van der Waals surface area (Å²) in [6.07, 6.45) is 0.253. The van der Waals surface area contributed by atoms with E-state index in [9.17, 15) is 9.59 Å². The first-order valence-electron chi connectivity index (χ1n) is 9.15. The number of carbonyl (C=O) groups is 2. The molecule has 1 atom stereocenters. The SMILES string of the molecule is NC(=O)[C@H](Cc1cccc(Cl)c1)NC(=O)c1c2ccccc2nc2ccccc12. The van der Waals surface area contributed by atoms with Gasteiger partial charge in [0.15, 0.2) is 0 Å². The molecule has 0 radical (unpaired) electrons. The molecule has 0 aliphatic rings. The molecule has 0 spiro atoms. The molecular weight excluding hydrogens is 386 g/mol. The van der Waals surface area contributed by atoms with Gasteiger partial charge in [-0.3, -0.25) is 9.59 Å². The van der Waals surface area contributed by atoms with Gasteiger partial charge in [-0.2, -0.15) is 0 Å². The molecule has 3 N–H and O–H groups in total. The van der Waals surface area contributed by atoms with Gasteiger partial charge >= 0.3 is 0 Å². The van der Waals surface area contributed by atoms with Crippen molar-refractivity contribution >= 4 is 45.2 Å². The second-order valence-electron chi connectivity index (χ2n) is 6.78. The Hall–Kier alpha value is -3.44. The van der Waals surface area contributed by atoms with Gasteiger partial charge in [-0.1, -0.05) is 60.1 Å². The summed E-state index contributed by atoms with van der Waals surface area (Å²) >= 11 is 6.03. The van der Waals surface area contributed by atoms with Crippen LogP contribution in [0.5, 0.6) is 0 Å². The van der Waals surface area contributed by atoms with Crippen molar-refractivity contribution in [3.63, 3.8) is 0 Å². The van der Waals surface area contributed by atoms with Crippen molar-refractivity contribution < 1.29 is 9.59 Å². The number of nitrogens with one attached hydrogen (secondary N) is 1. The van der Waals surface area contributed by atoms with Gasteiger partial charge in [0.1, 0.15) is 6.04 Å². The van der Waals surface area contributed by atoms with E-state index in [1.54, 1.807) is 18.2 Å². The smallest absolute Gasteiger partial charge is 0.253 e. The Kier molecular flexibility index (Phi) is 5.14. The number of nitrogens with two attached hydrogens (primary N) is 1. The zero-order valence-electron chi connectivity index (χ0n) is 15.4. The molecule has 0 aliphatic heterocycles. The van der Waals surface area contributed by atoms with Crippen molar-refractivity contribution in [2.75, 3.05) is 0 Å². The summed E-state index contributed by atoms with van der Waals surface area (Å²) < 4.78 is 0. The van der Waals surface area contributed by atoms with Crippen LogP contribution in [0.25, 0.3) is 21.8 Å². The number of para-hydroxylation sites is 2. The van der Waals surface area contributed by atoms with Crippen molar-refractivity contribution in [3.8, 4) is 0 Å². The van der Waals surface area contributed by atoms with E-state index in [2.05, 4.69) is 10.3 Å². The van der Waals surface area contributed by atoms with Crippen LogP contribution in [0.2, 0.25) is 5.02 Å². The maximum Gasteiger partial charge on any atom is 0.253 e. The molecule has 6 heteroatoms. The molecule has 0 aliphatic carbocycles. The average Bonchev–Trinajstić information content (AvgIpc) is 2.71. The highest BCUT2D eigenvalue weighted by molar-refractivity contribution is 6.30. The first-order valence-corrected chi connectivity index (χ1v) is 9.53. The second-order valence-corrected chi connectivity index (χ2v) is 7.22. The van der Waals surface area contributed by atoms with Crippen molar-refractivity contribution in [2.24, 2.45) is 5.73 Å². The van der Waals surface area contributed by atoms with E-state index in [1.807, 2.05) is 54.6 Å². The third-order valence-corrected chi connectivity index (χ3v) is 5.03. The zero-order valence-corrected chi connectivity index (χ0v) is 16.2. The summed E-state index contributed by atoms with van der Waals surface area (Å²) in [7, 11) is 0. The molecule has 2 amide bonds. The van der Waals surface area contributed by atoms with E-state index >= 15 is 0 Å². The molecule has 0 fully saturated rings. The lowest BCUT2D eigenvalue weighted by molar-refractivity contribution is -0.119. The minimum Gasteiger partial charge on any atom is -0.368 e. The lowest BCUT2D eigenvalue weighted by Gasteiger charge is -2.17. The third-order valence-electron chi connectivity index (χ3n) is 4.79. The third kappa shape index (κ3) is 3.91.